The van der Waals surface area contributed by atoms with Crippen molar-refractivity contribution in [3.8, 4) is 0 Å². The van der Waals surface area contributed by atoms with Gasteiger partial charge in [0, 0.05) is 0 Å². The molecule has 0 fully saturated rings. The van der Waals surface area contributed by atoms with Gasteiger partial charge in [0.05, 0.1) is 13.9 Å². The van der Waals surface area contributed by atoms with Crippen LogP contribution in [-0.2, 0) is 6.42 Å². The smallest absolute Gasteiger partial charge is 0.145 e. The van der Waals surface area contributed by atoms with Gasteiger partial charge in [0.1, 0.15) is 5.82 Å². The van der Waals surface area contributed by atoms with Crippen molar-refractivity contribution in [2.75, 3.05) is 0 Å². The molecule has 3 N–H and O–H groups in total. The number of nitrogens with one attached hydrogen (secondary N) is 1. The normalized spacial score (nSPS) is 12.7. The molecule has 0 amide bonds. The fraction of sp³-hybridized carbons (Fsp3) is 0.167. The third kappa shape index (κ3) is 3.21. The van der Waals surface area contributed by atoms with Crippen molar-refractivity contribution in [3.05, 3.63) is 54.5 Å². The lowest BCUT2D eigenvalue weighted by Crippen LogP contribution is -2.29. The molecule has 1 aromatic heterocycles. The molecule has 0 saturated carbocycles. The Morgan fingerprint density at radius 1 is 1.50 bits per heavy atom. The molecule has 0 spiro atoms. The van der Waals surface area contributed by atoms with Gasteiger partial charge in [0.25, 0.3) is 0 Å². The molecule has 1 atom stereocenters. The Kier molecular flexibility index (Phi) is 4.97. The molecule has 1 heterocycles. The molecule has 1 unspecified atom stereocenters. The number of nitrogens with two attached hydrogens (primary N) is 1. The van der Waals surface area contributed by atoms with Gasteiger partial charge in [-0.2, -0.15) is 0 Å². The third-order valence-corrected chi connectivity index (χ3v) is 4.75. The highest BCUT2D eigenvalue weighted by Crippen LogP contribution is 2.27. The molecular weight excluding hydrogens is 386 g/mol. The zero-order valence-electron chi connectivity index (χ0n) is 9.29. The standard InChI is InChI=1S/C12H11ClFIN2S/c13-9-3-1-2-7(12(9)14)4-10(17-16)8-5-11(15)18-6-8/h1-3,5-6,10,17H,4,16H2. The van der Waals surface area contributed by atoms with Gasteiger partial charge < -0.3 is 0 Å². The molecular formula is C12H11ClFIN2S. The van der Waals surface area contributed by atoms with Gasteiger partial charge >= 0.3 is 0 Å². The van der Waals surface area contributed by atoms with Crippen LogP contribution in [0.1, 0.15) is 17.2 Å². The van der Waals surface area contributed by atoms with E-state index in [9.17, 15) is 4.39 Å². The second-order valence-electron chi connectivity index (χ2n) is 3.82. The third-order valence-electron chi connectivity index (χ3n) is 2.65. The Labute approximate surface area is 127 Å². The first-order chi connectivity index (χ1) is 8.61. The fourth-order valence-corrected chi connectivity index (χ4v) is 3.33. The molecule has 0 aliphatic carbocycles. The number of hydrazine groups is 1. The minimum Gasteiger partial charge on any atom is -0.271 e. The lowest BCUT2D eigenvalue weighted by Gasteiger charge is -2.15. The van der Waals surface area contributed by atoms with Crippen LogP contribution in [0.2, 0.25) is 5.02 Å². The van der Waals surface area contributed by atoms with Crippen molar-refractivity contribution in [1.82, 2.24) is 5.43 Å². The number of rotatable bonds is 4. The highest BCUT2D eigenvalue weighted by Gasteiger charge is 2.15. The van der Waals surface area contributed by atoms with E-state index in [1.807, 2.05) is 11.4 Å². The number of hydrogen-bond donors (Lipinski definition) is 2. The van der Waals surface area contributed by atoms with Crippen LogP contribution in [0.3, 0.4) is 0 Å². The van der Waals surface area contributed by atoms with Crippen LogP contribution in [0.4, 0.5) is 4.39 Å². The monoisotopic (exact) mass is 396 g/mol. The highest BCUT2D eigenvalue weighted by atomic mass is 127. The van der Waals surface area contributed by atoms with Crippen LogP contribution in [0, 0.1) is 8.70 Å². The predicted molar refractivity (Wildman–Crippen MR) is 82.2 cm³/mol. The van der Waals surface area contributed by atoms with Crippen molar-refractivity contribution >= 4 is 45.5 Å². The molecule has 96 valence electrons. The minimum atomic E-state index is -0.371. The molecule has 18 heavy (non-hydrogen) atoms. The SMILES string of the molecule is NNC(Cc1cccc(Cl)c1F)c1csc(I)c1. The molecule has 2 aromatic rings. The number of benzene rings is 1. The topological polar surface area (TPSA) is 38.0 Å². The van der Waals surface area contributed by atoms with Gasteiger partial charge in [-0.25, -0.2) is 4.39 Å². The van der Waals surface area contributed by atoms with E-state index in [1.165, 1.54) is 2.88 Å². The van der Waals surface area contributed by atoms with E-state index in [0.717, 1.165) is 5.56 Å². The Morgan fingerprint density at radius 3 is 2.89 bits per heavy atom. The van der Waals surface area contributed by atoms with E-state index in [-0.39, 0.29) is 16.9 Å². The summed E-state index contributed by atoms with van der Waals surface area (Å²) >= 11 is 9.65. The summed E-state index contributed by atoms with van der Waals surface area (Å²) in [7, 11) is 0. The maximum Gasteiger partial charge on any atom is 0.145 e. The summed E-state index contributed by atoms with van der Waals surface area (Å²) in [5, 5.41) is 2.16. The van der Waals surface area contributed by atoms with Gasteiger partial charge in [-0.3, -0.25) is 11.3 Å². The second kappa shape index (κ2) is 6.29. The predicted octanol–water partition coefficient (Wildman–Crippen LogP) is 3.89. The first kappa shape index (κ1) is 14.2. The molecule has 0 bridgehead atoms. The zero-order valence-corrected chi connectivity index (χ0v) is 13.0. The van der Waals surface area contributed by atoms with E-state index in [1.54, 1.807) is 29.5 Å². The fourth-order valence-electron chi connectivity index (χ4n) is 1.71. The molecule has 0 aliphatic heterocycles. The average molecular weight is 397 g/mol. The molecule has 0 radical (unpaired) electrons. The van der Waals surface area contributed by atoms with Crippen molar-refractivity contribution in [1.29, 1.82) is 0 Å². The summed E-state index contributed by atoms with van der Waals surface area (Å²) in [5.41, 5.74) is 4.34. The summed E-state index contributed by atoms with van der Waals surface area (Å²) in [6.07, 6.45) is 0.468. The van der Waals surface area contributed by atoms with Gasteiger partial charge in [0.15, 0.2) is 0 Å². The Morgan fingerprint density at radius 2 is 2.28 bits per heavy atom. The second-order valence-corrected chi connectivity index (χ2v) is 7.03. The Hall–Kier alpha value is -0.210. The highest BCUT2D eigenvalue weighted by molar-refractivity contribution is 14.1. The molecule has 2 rings (SSSR count). The molecule has 0 saturated heterocycles. The first-order valence-corrected chi connectivity index (χ1v) is 7.58. The van der Waals surface area contributed by atoms with E-state index in [0.29, 0.717) is 12.0 Å². The van der Waals surface area contributed by atoms with Crippen LogP contribution in [0.25, 0.3) is 0 Å². The maximum absolute atomic E-state index is 13.8. The quantitative estimate of drug-likeness (QED) is 0.467. The summed E-state index contributed by atoms with van der Waals surface area (Å²) in [5.74, 6) is 5.18. The Bertz CT molecular complexity index is 547. The number of thiophene rings is 1. The zero-order chi connectivity index (χ0) is 13.1. The minimum absolute atomic E-state index is 0.113. The average Bonchev–Trinajstić information content (AvgIpc) is 2.78. The summed E-state index contributed by atoms with van der Waals surface area (Å²) in [6.45, 7) is 0. The maximum atomic E-state index is 13.8. The van der Waals surface area contributed by atoms with Gasteiger partial charge in [-0.05, 0) is 57.7 Å². The van der Waals surface area contributed by atoms with Crippen LogP contribution < -0.4 is 11.3 Å². The molecule has 6 heteroatoms. The van der Waals surface area contributed by atoms with Gasteiger partial charge in [0.2, 0.25) is 0 Å². The van der Waals surface area contributed by atoms with Crippen LogP contribution in [0.15, 0.2) is 29.6 Å². The number of hydrogen-bond acceptors (Lipinski definition) is 3. The number of halogens is 3. The van der Waals surface area contributed by atoms with Crippen LogP contribution >= 0.6 is 45.5 Å². The van der Waals surface area contributed by atoms with E-state index in [4.69, 9.17) is 17.4 Å². The van der Waals surface area contributed by atoms with Crippen LogP contribution in [-0.4, -0.2) is 0 Å². The lowest BCUT2D eigenvalue weighted by molar-refractivity contribution is 0.530. The largest absolute Gasteiger partial charge is 0.271 e. The van der Waals surface area contributed by atoms with Crippen molar-refractivity contribution < 1.29 is 4.39 Å². The van der Waals surface area contributed by atoms with Gasteiger partial charge in [-0.1, -0.05) is 23.7 Å². The first-order valence-electron chi connectivity index (χ1n) is 5.24. The van der Waals surface area contributed by atoms with Crippen molar-refractivity contribution in [3.63, 3.8) is 0 Å². The summed E-state index contributed by atoms with van der Waals surface area (Å²) in [4.78, 5) is 0. The van der Waals surface area contributed by atoms with Crippen molar-refractivity contribution in [2.24, 2.45) is 5.84 Å². The molecule has 0 aliphatic rings. The summed E-state index contributed by atoms with van der Waals surface area (Å²) < 4.78 is 15.0. The molecule has 2 nitrogen and oxygen atoms in total. The van der Waals surface area contributed by atoms with Crippen molar-refractivity contribution in [2.45, 2.75) is 12.5 Å². The van der Waals surface area contributed by atoms with E-state index < -0.39 is 0 Å². The van der Waals surface area contributed by atoms with E-state index in [2.05, 4.69) is 28.0 Å². The summed E-state index contributed by atoms with van der Waals surface area (Å²) in [6, 6.07) is 6.93. The van der Waals surface area contributed by atoms with Gasteiger partial charge in [-0.15, -0.1) is 11.3 Å². The molecule has 1 aromatic carbocycles. The lowest BCUT2D eigenvalue weighted by atomic mass is 10.0. The van der Waals surface area contributed by atoms with E-state index >= 15 is 0 Å². The van der Waals surface area contributed by atoms with Crippen LogP contribution in [0.5, 0.6) is 0 Å². The Balaban J connectivity index is 2.23.